The molecule has 0 aromatic heterocycles. The van der Waals surface area contributed by atoms with Crippen LogP contribution in [-0.4, -0.2) is 35.6 Å². The second kappa shape index (κ2) is 17.9. The molecule has 182 valence electrons. The van der Waals surface area contributed by atoms with Gasteiger partial charge in [0.2, 0.25) is 0 Å². The zero-order valence-electron chi connectivity index (χ0n) is 21.1. The number of benzene rings is 2. The molecule has 0 unspecified atom stereocenters. The number of hydrogen-bond donors (Lipinski definition) is 1. The molecule has 4 nitrogen and oxygen atoms in total. The van der Waals surface area contributed by atoms with Crippen molar-refractivity contribution in [2.24, 2.45) is 0 Å². The molecule has 0 aliphatic rings. The van der Waals surface area contributed by atoms with E-state index in [0.717, 1.165) is 16.9 Å². The highest BCUT2D eigenvalue weighted by molar-refractivity contribution is 5.91. The van der Waals surface area contributed by atoms with Gasteiger partial charge in [-0.3, -0.25) is 0 Å². The predicted molar refractivity (Wildman–Crippen MR) is 140 cm³/mol. The Morgan fingerprint density at radius 1 is 0.848 bits per heavy atom. The lowest BCUT2D eigenvalue weighted by molar-refractivity contribution is -0.132. The van der Waals surface area contributed by atoms with E-state index < -0.39 is 5.97 Å². The Morgan fingerprint density at radius 2 is 1.36 bits per heavy atom. The van der Waals surface area contributed by atoms with Crippen LogP contribution in [0.15, 0.2) is 60.2 Å². The third kappa shape index (κ3) is 13.5. The number of carboxylic acid groups (broad SMARTS) is 1. The van der Waals surface area contributed by atoms with Crippen LogP contribution in [0.5, 0.6) is 5.75 Å². The fourth-order valence-corrected chi connectivity index (χ4v) is 3.19. The average molecular weight is 454 g/mol. The summed E-state index contributed by atoms with van der Waals surface area (Å²) in [5.41, 5.74) is 2.26. The van der Waals surface area contributed by atoms with E-state index in [1.807, 2.05) is 54.6 Å². The van der Waals surface area contributed by atoms with Crippen molar-refractivity contribution in [3.8, 4) is 5.75 Å². The molecule has 0 atom stereocenters. The smallest absolute Gasteiger partial charge is 0.331 e. The van der Waals surface area contributed by atoms with Crippen molar-refractivity contribution in [2.45, 2.75) is 72.8 Å². The lowest BCUT2D eigenvalue weighted by Gasteiger charge is -2.21. The molecule has 0 fully saturated rings. The fourth-order valence-electron chi connectivity index (χ4n) is 3.19. The van der Waals surface area contributed by atoms with Crippen LogP contribution in [0.25, 0.3) is 6.08 Å². The number of hydrogen-bond acceptors (Lipinski definition) is 3. The summed E-state index contributed by atoms with van der Waals surface area (Å²) in [5, 5.41) is 8.82. The van der Waals surface area contributed by atoms with Gasteiger partial charge in [0.25, 0.3) is 0 Å². The molecular weight excluding hydrogens is 410 g/mol. The molecule has 0 aliphatic heterocycles. The molecule has 0 amide bonds. The number of unbranched alkanes of at least 4 members (excludes halogenated alkanes) is 3. The molecule has 1 N–H and O–H groups in total. The van der Waals surface area contributed by atoms with E-state index in [-0.39, 0.29) is 0 Å². The van der Waals surface area contributed by atoms with Crippen molar-refractivity contribution < 1.29 is 14.6 Å². The molecule has 0 bridgehead atoms. The lowest BCUT2D eigenvalue weighted by atomic mass is 10.1. The summed E-state index contributed by atoms with van der Waals surface area (Å²) in [6.45, 7) is 12.9. The second-order valence-electron chi connectivity index (χ2n) is 8.38. The number of aliphatic carboxylic acids is 1. The summed E-state index contributed by atoms with van der Waals surface area (Å²) in [6.07, 6.45) is 9.72. The van der Waals surface area contributed by atoms with Gasteiger partial charge in [-0.05, 0) is 75.2 Å². The SMILES string of the molecule is CC(=Cc1ccc(OCc2ccccc2)cc1)C(=O)O.CCCCN(CCCC)CCCC. The molecule has 2 rings (SSSR count). The number of nitrogens with zero attached hydrogens (tertiary/aromatic N) is 1. The Hall–Kier alpha value is -2.59. The van der Waals surface area contributed by atoms with E-state index in [1.165, 1.54) is 58.2 Å². The van der Waals surface area contributed by atoms with Crippen LogP contribution in [-0.2, 0) is 11.4 Å². The molecule has 0 radical (unpaired) electrons. The summed E-state index contributed by atoms with van der Waals surface area (Å²) in [4.78, 5) is 13.4. The third-order valence-electron chi connectivity index (χ3n) is 5.33. The molecule has 0 saturated heterocycles. The highest BCUT2D eigenvalue weighted by Gasteiger charge is 2.02. The van der Waals surface area contributed by atoms with Gasteiger partial charge in [-0.1, -0.05) is 82.5 Å². The Balaban J connectivity index is 0.000000366. The zero-order chi connectivity index (χ0) is 24.3. The summed E-state index contributed by atoms with van der Waals surface area (Å²) in [6, 6.07) is 17.3. The minimum Gasteiger partial charge on any atom is -0.489 e. The molecule has 0 heterocycles. The maximum atomic E-state index is 10.7. The van der Waals surface area contributed by atoms with Crippen LogP contribution in [0.2, 0.25) is 0 Å². The highest BCUT2D eigenvalue weighted by Crippen LogP contribution is 2.16. The first-order valence-electron chi connectivity index (χ1n) is 12.4. The van der Waals surface area contributed by atoms with Crippen molar-refractivity contribution in [3.63, 3.8) is 0 Å². The van der Waals surface area contributed by atoms with Gasteiger partial charge >= 0.3 is 5.97 Å². The number of carbonyl (C=O) groups is 1. The maximum absolute atomic E-state index is 10.7. The fraction of sp³-hybridized carbons (Fsp3) is 0.483. The highest BCUT2D eigenvalue weighted by atomic mass is 16.5. The van der Waals surface area contributed by atoms with Crippen molar-refractivity contribution in [2.75, 3.05) is 19.6 Å². The lowest BCUT2D eigenvalue weighted by Crippen LogP contribution is -2.27. The van der Waals surface area contributed by atoms with Crippen LogP contribution in [0.1, 0.15) is 77.3 Å². The molecule has 33 heavy (non-hydrogen) atoms. The Labute approximate surface area is 201 Å². The van der Waals surface area contributed by atoms with Crippen molar-refractivity contribution in [1.82, 2.24) is 4.90 Å². The quantitative estimate of drug-likeness (QED) is 0.302. The summed E-state index contributed by atoms with van der Waals surface area (Å²) in [7, 11) is 0. The number of ether oxygens (including phenoxy) is 1. The van der Waals surface area contributed by atoms with Crippen LogP contribution in [0, 0.1) is 0 Å². The topological polar surface area (TPSA) is 49.8 Å². The monoisotopic (exact) mass is 453 g/mol. The van der Waals surface area contributed by atoms with Crippen molar-refractivity contribution in [1.29, 1.82) is 0 Å². The van der Waals surface area contributed by atoms with E-state index in [4.69, 9.17) is 9.84 Å². The predicted octanol–water partition coefficient (Wildman–Crippen LogP) is 7.44. The maximum Gasteiger partial charge on any atom is 0.331 e. The van der Waals surface area contributed by atoms with Gasteiger partial charge in [0.1, 0.15) is 12.4 Å². The minimum atomic E-state index is -0.908. The second-order valence-corrected chi connectivity index (χ2v) is 8.38. The van der Waals surface area contributed by atoms with Gasteiger partial charge in [-0.25, -0.2) is 4.79 Å². The molecule has 0 aliphatic carbocycles. The third-order valence-corrected chi connectivity index (χ3v) is 5.33. The van der Waals surface area contributed by atoms with Crippen LogP contribution < -0.4 is 4.74 Å². The first-order valence-corrected chi connectivity index (χ1v) is 12.4. The van der Waals surface area contributed by atoms with Crippen LogP contribution in [0.4, 0.5) is 0 Å². The van der Waals surface area contributed by atoms with Gasteiger partial charge < -0.3 is 14.7 Å². The summed E-state index contributed by atoms with van der Waals surface area (Å²) >= 11 is 0. The van der Waals surface area contributed by atoms with E-state index in [1.54, 1.807) is 13.0 Å². The van der Waals surface area contributed by atoms with Crippen LogP contribution in [0.3, 0.4) is 0 Å². The van der Waals surface area contributed by atoms with E-state index in [9.17, 15) is 4.79 Å². The van der Waals surface area contributed by atoms with Gasteiger partial charge in [0, 0.05) is 5.57 Å². The van der Waals surface area contributed by atoms with E-state index in [2.05, 4.69) is 25.7 Å². The van der Waals surface area contributed by atoms with Crippen LogP contribution >= 0.6 is 0 Å². The number of rotatable bonds is 14. The molecule has 2 aromatic carbocycles. The minimum absolute atomic E-state index is 0.308. The first kappa shape index (κ1) is 28.4. The largest absolute Gasteiger partial charge is 0.489 e. The Morgan fingerprint density at radius 3 is 1.82 bits per heavy atom. The molecule has 4 heteroatoms. The van der Waals surface area contributed by atoms with E-state index in [0.29, 0.717) is 12.2 Å². The van der Waals surface area contributed by atoms with Crippen molar-refractivity contribution in [3.05, 3.63) is 71.3 Å². The normalized spacial score (nSPS) is 11.1. The summed E-state index contributed by atoms with van der Waals surface area (Å²) < 4.78 is 5.66. The summed E-state index contributed by atoms with van der Waals surface area (Å²) in [5.74, 6) is -0.145. The zero-order valence-corrected chi connectivity index (χ0v) is 21.1. The molecular formula is C29H43NO3. The van der Waals surface area contributed by atoms with Crippen molar-refractivity contribution >= 4 is 12.0 Å². The molecule has 0 saturated carbocycles. The van der Waals surface area contributed by atoms with Gasteiger partial charge in [-0.15, -0.1) is 0 Å². The van der Waals surface area contributed by atoms with Gasteiger partial charge in [-0.2, -0.15) is 0 Å². The van der Waals surface area contributed by atoms with E-state index >= 15 is 0 Å². The average Bonchev–Trinajstić information content (AvgIpc) is 2.84. The Kier molecular flexibility index (Phi) is 15.4. The van der Waals surface area contributed by atoms with Gasteiger partial charge in [0.15, 0.2) is 0 Å². The Bertz CT molecular complexity index is 765. The first-order chi connectivity index (χ1) is 16.0. The number of carboxylic acids is 1. The molecule has 2 aromatic rings. The standard InChI is InChI=1S/C17H16O3.C12H27N/c1-13(17(18)19)11-14-7-9-16(10-8-14)20-12-15-5-3-2-4-6-15;1-4-7-10-13(11-8-5-2)12-9-6-3/h2-11H,12H2,1H3,(H,18,19);4-12H2,1-3H3. The van der Waals surface area contributed by atoms with Gasteiger partial charge in [0.05, 0.1) is 0 Å². The molecule has 0 spiro atoms.